The topological polar surface area (TPSA) is 49.4 Å². The zero-order valence-electron chi connectivity index (χ0n) is 19.4. The number of nitrogens with zero attached hydrogens (tertiary/aromatic N) is 1. The number of benzene rings is 2. The maximum atomic E-state index is 13.4. The fraction of sp³-hybridized carbons (Fsp3) is 0.481. The van der Waals surface area contributed by atoms with E-state index in [-0.39, 0.29) is 17.9 Å². The van der Waals surface area contributed by atoms with Gasteiger partial charge < -0.3 is 10.2 Å². The van der Waals surface area contributed by atoms with Gasteiger partial charge in [-0.3, -0.25) is 9.59 Å². The van der Waals surface area contributed by atoms with E-state index in [0.29, 0.717) is 13.0 Å². The number of hydrogen-bond acceptors (Lipinski definition) is 2. The zero-order valence-corrected chi connectivity index (χ0v) is 19.4. The van der Waals surface area contributed by atoms with Gasteiger partial charge in [0.1, 0.15) is 6.04 Å². The van der Waals surface area contributed by atoms with Crippen LogP contribution in [0.3, 0.4) is 0 Å². The van der Waals surface area contributed by atoms with Gasteiger partial charge in [0.15, 0.2) is 0 Å². The molecule has 0 heterocycles. The second-order valence-electron chi connectivity index (χ2n) is 9.14. The van der Waals surface area contributed by atoms with Gasteiger partial charge in [-0.25, -0.2) is 0 Å². The van der Waals surface area contributed by atoms with Crippen molar-refractivity contribution in [3.63, 3.8) is 0 Å². The molecule has 1 aliphatic carbocycles. The fourth-order valence-electron chi connectivity index (χ4n) is 4.57. The lowest BCUT2D eigenvalue weighted by Gasteiger charge is -2.31. The Morgan fingerprint density at radius 1 is 1.00 bits per heavy atom. The molecule has 4 nitrogen and oxygen atoms in total. The van der Waals surface area contributed by atoms with Gasteiger partial charge in [0.25, 0.3) is 0 Å². The Hall–Kier alpha value is -2.62. The van der Waals surface area contributed by atoms with Crippen LogP contribution >= 0.6 is 0 Å². The van der Waals surface area contributed by atoms with Crippen LogP contribution in [0.5, 0.6) is 0 Å². The van der Waals surface area contributed by atoms with Crippen molar-refractivity contribution >= 4 is 11.8 Å². The lowest BCUT2D eigenvalue weighted by atomic mass is 9.95. The number of aryl methyl sites for hydroxylation is 3. The van der Waals surface area contributed by atoms with Crippen molar-refractivity contribution in [1.29, 1.82) is 0 Å². The lowest BCUT2D eigenvalue weighted by molar-refractivity contribution is -0.140. The zero-order chi connectivity index (χ0) is 22.4. The molecule has 0 spiro atoms. The number of amides is 2. The van der Waals surface area contributed by atoms with Gasteiger partial charge in [-0.1, -0.05) is 72.9 Å². The molecule has 0 radical (unpaired) electrons. The molecule has 2 amide bonds. The highest BCUT2D eigenvalue weighted by atomic mass is 16.2. The summed E-state index contributed by atoms with van der Waals surface area (Å²) in [5.74, 6) is -0.0613. The Balaban J connectivity index is 1.79. The molecule has 0 aromatic heterocycles. The van der Waals surface area contributed by atoms with E-state index in [2.05, 4.69) is 36.5 Å². The molecule has 0 bridgehead atoms. The molecular formula is C27H36N2O2. The average Bonchev–Trinajstić information content (AvgIpc) is 2.72. The highest BCUT2D eigenvalue weighted by Crippen LogP contribution is 2.19. The Labute approximate surface area is 187 Å². The van der Waals surface area contributed by atoms with Gasteiger partial charge in [0, 0.05) is 12.6 Å². The van der Waals surface area contributed by atoms with Crippen molar-refractivity contribution in [1.82, 2.24) is 10.2 Å². The molecule has 0 saturated heterocycles. The first-order chi connectivity index (χ1) is 14.8. The van der Waals surface area contributed by atoms with Crippen LogP contribution in [0.4, 0.5) is 0 Å². The van der Waals surface area contributed by atoms with Crippen molar-refractivity contribution in [2.75, 3.05) is 0 Å². The first kappa shape index (κ1) is 23.1. The van der Waals surface area contributed by atoms with Crippen LogP contribution in [0.15, 0.2) is 42.5 Å². The number of rotatable bonds is 7. The quantitative estimate of drug-likeness (QED) is 0.684. The third-order valence-corrected chi connectivity index (χ3v) is 6.36. The van der Waals surface area contributed by atoms with E-state index in [4.69, 9.17) is 0 Å². The molecule has 1 atom stereocenters. The molecule has 1 aliphatic rings. The van der Waals surface area contributed by atoms with Crippen LogP contribution in [0.1, 0.15) is 66.8 Å². The molecule has 1 fully saturated rings. The minimum Gasteiger partial charge on any atom is -0.352 e. The number of carbonyl (C=O) groups excluding carboxylic acids is 2. The summed E-state index contributed by atoms with van der Waals surface area (Å²) in [5.41, 5.74) is 5.50. The summed E-state index contributed by atoms with van der Waals surface area (Å²) in [6.07, 6.45) is 5.94. The number of carbonyl (C=O) groups is 2. The van der Waals surface area contributed by atoms with Crippen LogP contribution in [-0.4, -0.2) is 28.8 Å². The standard InChI is InChI=1S/C27H36N2O2/c1-19-14-20(2)16-23(15-19)17-26(30)29(18-24-11-9-8-10-21(24)3)22(4)27(31)28-25-12-6-5-7-13-25/h8-11,14-16,22,25H,5-7,12-13,17-18H2,1-4H3,(H,28,31)/t22-/m0/s1. The third-order valence-electron chi connectivity index (χ3n) is 6.36. The second-order valence-corrected chi connectivity index (χ2v) is 9.14. The Morgan fingerprint density at radius 2 is 1.65 bits per heavy atom. The van der Waals surface area contributed by atoms with Gasteiger partial charge >= 0.3 is 0 Å². The van der Waals surface area contributed by atoms with Gasteiger partial charge in [-0.05, 0) is 57.2 Å². The Kier molecular flexibility index (Phi) is 7.89. The van der Waals surface area contributed by atoms with Crippen molar-refractivity contribution < 1.29 is 9.59 Å². The van der Waals surface area contributed by atoms with Crippen molar-refractivity contribution in [2.45, 2.75) is 84.8 Å². The van der Waals surface area contributed by atoms with Gasteiger partial charge in [0.2, 0.25) is 11.8 Å². The molecule has 1 saturated carbocycles. The molecule has 2 aromatic carbocycles. The van der Waals surface area contributed by atoms with E-state index in [1.54, 1.807) is 4.90 Å². The first-order valence-electron chi connectivity index (χ1n) is 11.5. The van der Waals surface area contributed by atoms with Crippen LogP contribution in [0.25, 0.3) is 0 Å². The van der Waals surface area contributed by atoms with Gasteiger partial charge in [-0.15, -0.1) is 0 Å². The summed E-state index contributed by atoms with van der Waals surface area (Å²) in [7, 11) is 0. The molecule has 1 N–H and O–H groups in total. The summed E-state index contributed by atoms with van der Waals surface area (Å²) < 4.78 is 0. The highest BCUT2D eigenvalue weighted by molar-refractivity contribution is 5.88. The third kappa shape index (κ3) is 6.43. The predicted molar refractivity (Wildman–Crippen MR) is 126 cm³/mol. The second kappa shape index (κ2) is 10.6. The maximum Gasteiger partial charge on any atom is 0.242 e. The van der Waals surface area contributed by atoms with E-state index in [1.807, 2.05) is 39.0 Å². The largest absolute Gasteiger partial charge is 0.352 e. The summed E-state index contributed by atoms with van der Waals surface area (Å²) in [6, 6.07) is 14.0. The van der Waals surface area contributed by atoms with Crippen molar-refractivity contribution in [2.24, 2.45) is 0 Å². The fourth-order valence-corrected chi connectivity index (χ4v) is 4.57. The van der Waals surface area contributed by atoms with Crippen LogP contribution in [-0.2, 0) is 22.6 Å². The van der Waals surface area contributed by atoms with Gasteiger partial charge in [-0.2, -0.15) is 0 Å². The highest BCUT2D eigenvalue weighted by Gasteiger charge is 2.28. The van der Waals surface area contributed by atoms with E-state index < -0.39 is 6.04 Å². The summed E-state index contributed by atoms with van der Waals surface area (Å²) in [6.45, 7) is 8.44. The normalized spacial score (nSPS) is 15.4. The summed E-state index contributed by atoms with van der Waals surface area (Å²) in [4.78, 5) is 28.3. The molecule has 0 unspecified atom stereocenters. The van der Waals surface area contributed by atoms with Crippen molar-refractivity contribution in [3.05, 3.63) is 70.3 Å². The monoisotopic (exact) mass is 420 g/mol. The van der Waals surface area contributed by atoms with E-state index in [0.717, 1.165) is 53.5 Å². The minimum atomic E-state index is -0.514. The molecule has 31 heavy (non-hydrogen) atoms. The SMILES string of the molecule is Cc1cc(C)cc(CC(=O)N(Cc2ccccc2C)[C@@H](C)C(=O)NC2CCCCC2)c1. The molecule has 2 aromatic rings. The molecule has 4 heteroatoms. The summed E-state index contributed by atoms with van der Waals surface area (Å²) in [5, 5.41) is 3.20. The molecule has 166 valence electrons. The van der Waals surface area contributed by atoms with Crippen LogP contribution in [0.2, 0.25) is 0 Å². The minimum absolute atomic E-state index is 0.0143. The summed E-state index contributed by atoms with van der Waals surface area (Å²) >= 11 is 0. The lowest BCUT2D eigenvalue weighted by Crippen LogP contribution is -2.50. The number of hydrogen-bond donors (Lipinski definition) is 1. The Morgan fingerprint density at radius 3 is 2.29 bits per heavy atom. The van der Waals surface area contributed by atoms with Crippen LogP contribution < -0.4 is 5.32 Å². The first-order valence-corrected chi connectivity index (χ1v) is 11.5. The number of nitrogens with one attached hydrogen (secondary N) is 1. The molecular weight excluding hydrogens is 384 g/mol. The smallest absolute Gasteiger partial charge is 0.242 e. The van der Waals surface area contributed by atoms with Gasteiger partial charge in [0.05, 0.1) is 6.42 Å². The Bertz CT molecular complexity index is 895. The average molecular weight is 421 g/mol. The van der Waals surface area contributed by atoms with E-state index in [1.165, 1.54) is 6.42 Å². The molecule has 3 rings (SSSR count). The maximum absolute atomic E-state index is 13.4. The predicted octanol–water partition coefficient (Wildman–Crippen LogP) is 5.02. The van der Waals surface area contributed by atoms with Crippen LogP contribution in [0, 0.1) is 20.8 Å². The van der Waals surface area contributed by atoms with E-state index in [9.17, 15) is 9.59 Å². The van der Waals surface area contributed by atoms with Crippen molar-refractivity contribution in [3.8, 4) is 0 Å². The molecule has 0 aliphatic heterocycles. The van der Waals surface area contributed by atoms with E-state index >= 15 is 0 Å².